The second-order valence-corrected chi connectivity index (χ2v) is 15.5. The number of hydrazone groups is 1. The molecule has 2 heterocycles. The van der Waals surface area contributed by atoms with Gasteiger partial charge in [-0.3, -0.25) is 30.6 Å². The molecule has 0 unspecified atom stereocenters. The number of hydrogen-bond acceptors (Lipinski definition) is 10. The Hall–Kier alpha value is -4.40. The Kier molecular flexibility index (Phi) is 8.53. The van der Waals surface area contributed by atoms with Crippen LogP contribution in [0, 0.1) is 31.1 Å². The summed E-state index contributed by atoms with van der Waals surface area (Å²) in [6, 6.07) is 18.5. The molecule has 0 spiro atoms. The molecular weight excluding hydrogens is 622 g/mol. The second kappa shape index (κ2) is 12.3. The zero-order valence-electron chi connectivity index (χ0n) is 26.7. The molecule has 3 aromatic rings. The standard InChI is InChI=1S/C33H39N7O6S/c1-32(2)19-27-20-33(32,3)23-38(27)47(45,46)31-18-26(39(41)42)10-11-28(31)35-34-21-25-9-12-29(30(17-25)40(43)44)37-15-13-36(14-16-37)22-24-7-5-4-6-8-24/h4-12,17-18,21,27,35H,13-16,19-20,22-23H2,1-3H3/b34-21-/t27-,33-/m0/s1. The molecule has 3 fully saturated rings. The van der Waals surface area contributed by atoms with Gasteiger partial charge in [-0.15, -0.1) is 0 Å². The smallest absolute Gasteiger partial charge is 0.293 e. The van der Waals surface area contributed by atoms with Crippen molar-refractivity contribution in [3.8, 4) is 0 Å². The fourth-order valence-corrected chi connectivity index (χ4v) is 9.11. The molecule has 2 aliphatic heterocycles. The molecule has 6 rings (SSSR count). The minimum absolute atomic E-state index is 0.0212. The third kappa shape index (κ3) is 6.32. The summed E-state index contributed by atoms with van der Waals surface area (Å²) in [7, 11) is -4.10. The van der Waals surface area contributed by atoms with Crippen LogP contribution in [0.4, 0.5) is 22.7 Å². The summed E-state index contributed by atoms with van der Waals surface area (Å²) in [5, 5.41) is 27.9. The minimum atomic E-state index is -4.10. The van der Waals surface area contributed by atoms with Crippen LogP contribution < -0.4 is 10.3 Å². The molecule has 0 radical (unpaired) electrons. The highest BCUT2D eigenvalue weighted by molar-refractivity contribution is 7.89. The normalized spacial score (nSPS) is 23.0. The number of sulfonamides is 1. The van der Waals surface area contributed by atoms with Crippen LogP contribution in [-0.2, 0) is 16.6 Å². The molecule has 1 N–H and O–H groups in total. The van der Waals surface area contributed by atoms with E-state index in [1.54, 1.807) is 12.1 Å². The summed E-state index contributed by atoms with van der Waals surface area (Å²) in [5.41, 5.74) is 4.39. The van der Waals surface area contributed by atoms with Gasteiger partial charge < -0.3 is 4.90 Å². The Morgan fingerprint density at radius 1 is 0.936 bits per heavy atom. The number of hydrogen-bond donors (Lipinski definition) is 1. The maximum Gasteiger partial charge on any atom is 0.293 e. The van der Waals surface area contributed by atoms with E-state index in [0.29, 0.717) is 37.3 Å². The second-order valence-electron chi connectivity index (χ2n) is 13.6. The molecule has 0 aromatic heterocycles. The molecule has 248 valence electrons. The summed E-state index contributed by atoms with van der Waals surface area (Å²) in [5.74, 6) is 0. The first-order valence-electron chi connectivity index (χ1n) is 15.7. The molecule has 14 heteroatoms. The predicted molar refractivity (Wildman–Crippen MR) is 180 cm³/mol. The lowest BCUT2D eigenvalue weighted by Crippen LogP contribution is -2.46. The Morgan fingerprint density at radius 3 is 2.28 bits per heavy atom. The minimum Gasteiger partial charge on any atom is -0.363 e. The number of anilines is 2. The summed E-state index contributed by atoms with van der Waals surface area (Å²) in [6.07, 6.45) is 2.80. The molecule has 1 aliphatic carbocycles. The molecule has 2 bridgehead atoms. The van der Waals surface area contributed by atoms with Crippen LogP contribution in [0.2, 0.25) is 0 Å². The van der Waals surface area contributed by atoms with Crippen LogP contribution >= 0.6 is 0 Å². The van der Waals surface area contributed by atoms with Crippen LogP contribution in [0.3, 0.4) is 0 Å². The van der Waals surface area contributed by atoms with Gasteiger partial charge in [-0.25, -0.2) is 8.42 Å². The van der Waals surface area contributed by atoms with Gasteiger partial charge in [0.25, 0.3) is 11.4 Å². The highest BCUT2D eigenvalue weighted by atomic mass is 32.2. The molecule has 47 heavy (non-hydrogen) atoms. The van der Waals surface area contributed by atoms with Crippen LogP contribution in [-0.4, -0.2) is 72.4 Å². The summed E-state index contributed by atoms with van der Waals surface area (Å²) < 4.78 is 29.4. The topological polar surface area (TPSA) is 155 Å². The number of piperidine rings is 1. The number of benzene rings is 3. The lowest BCUT2D eigenvalue weighted by molar-refractivity contribution is -0.385. The first-order valence-corrected chi connectivity index (χ1v) is 17.1. The highest BCUT2D eigenvalue weighted by Gasteiger charge is 2.60. The Labute approximate surface area is 274 Å². The molecule has 2 saturated heterocycles. The van der Waals surface area contributed by atoms with Crippen molar-refractivity contribution in [2.45, 2.75) is 51.1 Å². The van der Waals surface area contributed by atoms with Crippen molar-refractivity contribution in [3.63, 3.8) is 0 Å². The fourth-order valence-electron chi connectivity index (χ4n) is 7.20. The van der Waals surface area contributed by atoms with E-state index in [0.717, 1.165) is 32.1 Å². The Balaban J connectivity index is 1.18. The number of nitro groups is 2. The van der Waals surface area contributed by atoms with E-state index in [2.05, 4.69) is 48.3 Å². The zero-order chi connectivity index (χ0) is 33.6. The van der Waals surface area contributed by atoms with Gasteiger partial charge in [-0.2, -0.15) is 9.41 Å². The largest absolute Gasteiger partial charge is 0.363 e. The number of nitrogens with zero attached hydrogens (tertiary/aromatic N) is 6. The van der Waals surface area contributed by atoms with Crippen molar-refractivity contribution < 1.29 is 18.3 Å². The Morgan fingerprint density at radius 2 is 1.66 bits per heavy atom. The number of nitro benzene ring substituents is 2. The van der Waals surface area contributed by atoms with Gasteiger partial charge >= 0.3 is 0 Å². The SMILES string of the molecule is CC1(C)C[C@H]2C[C@@]1(C)CN2S(=O)(=O)c1cc([N+](=O)[O-])ccc1N/N=C\c1ccc(N2CCN(Cc3ccccc3)CC2)c([N+](=O)[O-])c1. The summed E-state index contributed by atoms with van der Waals surface area (Å²) in [6.45, 7) is 10.4. The van der Waals surface area contributed by atoms with Crippen molar-refractivity contribution in [2.24, 2.45) is 15.9 Å². The van der Waals surface area contributed by atoms with E-state index in [1.165, 1.54) is 34.3 Å². The van der Waals surface area contributed by atoms with E-state index in [1.807, 2.05) is 23.1 Å². The summed E-state index contributed by atoms with van der Waals surface area (Å²) in [4.78, 5) is 26.7. The lowest BCUT2D eigenvalue weighted by Gasteiger charge is -2.42. The van der Waals surface area contributed by atoms with Crippen molar-refractivity contribution in [1.82, 2.24) is 9.21 Å². The van der Waals surface area contributed by atoms with Gasteiger partial charge in [0.1, 0.15) is 10.6 Å². The summed E-state index contributed by atoms with van der Waals surface area (Å²) >= 11 is 0. The first kappa shape index (κ1) is 32.5. The average molecular weight is 662 g/mol. The van der Waals surface area contributed by atoms with Crippen LogP contribution in [0.1, 0.15) is 44.7 Å². The number of piperazine rings is 1. The molecule has 13 nitrogen and oxygen atoms in total. The highest BCUT2D eigenvalue weighted by Crippen LogP contribution is 2.60. The van der Waals surface area contributed by atoms with Crippen molar-refractivity contribution >= 4 is 39.0 Å². The van der Waals surface area contributed by atoms with Gasteiger partial charge in [0.05, 0.1) is 21.7 Å². The number of rotatable bonds is 10. The number of fused-ring (bicyclic) bond motifs is 2. The number of non-ortho nitro benzene ring substituents is 1. The maximum atomic E-state index is 14.0. The van der Waals surface area contributed by atoms with E-state index in [9.17, 15) is 28.6 Å². The Bertz CT molecular complexity index is 1820. The van der Waals surface area contributed by atoms with E-state index < -0.39 is 19.9 Å². The van der Waals surface area contributed by atoms with Gasteiger partial charge in [-0.05, 0) is 41.4 Å². The monoisotopic (exact) mass is 661 g/mol. The molecule has 3 aromatic carbocycles. The van der Waals surface area contributed by atoms with Crippen LogP contribution in [0.5, 0.6) is 0 Å². The van der Waals surface area contributed by atoms with Gasteiger partial charge in [0.15, 0.2) is 0 Å². The molecule has 2 atom stereocenters. The third-order valence-electron chi connectivity index (χ3n) is 10.3. The van der Waals surface area contributed by atoms with E-state index >= 15 is 0 Å². The third-order valence-corrected chi connectivity index (χ3v) is 12.2. The van der Waals surface area contributed by atoms with Crippen LogP contribution in [0.25, 0.3) is 0 Å². The number of nitrogens with one attached hydrogen (secondary N) is 1. The molecule has 1 saturated carbocycles. The van der Waals surface area contributed by atoms with Crippen molar-refractivity contribution in [3.05, 3.63) is 98.1 Å². The molecular formula is C33H39N7O6S. The van der Waals surface area contributed by atoms with Gasteiger partial charge in [0, 0.05) is 69.1 Å². The van der Waals surface area contributed by atoms with Crippen molar-refractivity contribution in [1.29, 1.82) is 0 Å². The zero-order valence-corrected chi connectivity index (χ0v) is 27.5. The predicted octanol–water partition coefficient (Wildman–Crippen LogP) is 5.47. The average Bonchev–Trinajstić information content (AvgIpc) is 3.50. The first-order chi connectivity index (χ1) is 22.3. The van der Waals surface area contributed by atoms with Gasteiger partial charge in [-0.1, -0.05) is 57.2 Å². The maximum absolute atomic E-state index is 14.0. The van der Waals surface area contributed by atoms with Gasteiger partial charge in [0.2, 0.25) is 10.0 Å². The van der Waals surface area contributed by atoms with Crippen molar-refractivity contribution in [2.75, 3.05) is 43.0 Å². The fraction of sp³-hybridized carbons (Fsp3) is 0.424. The molecule has 3 aliphatic rings. The lowest BCUT2D eigenvalue weighted by atomic mass is 9.69. The van der Waals surface area contributed by atoms with E-state index in [4.69, 9.17) is 0 Å². The van der Waals surface area contributed by atoms with E-state index in [-0.39, 0.29) is 38.8 Å². The molecule has 0 amide bonds. The quantitative estimate of drug-likeness (QED) is 0.169. The van der Waals surface area contributed by atoms with Crippen LogP contribution in [0.15, 0.2) is 76.7 Å².